The Morgan fingerprint density at radius 1 is 1.15 bits per heavy atom. The summed E-state index contributed by atoms with van der Waals surface area (Å²) < 4.78 is 40.2. The topological polar surface area (TPSA) is 68.3 Å². The maximum absolute atomic E-state index is 12.2. The fourth-order valence-corrected chi connectivity index (χ4v) is 2.19. The van der Waals surface area contributed by atoms with E-state index in [9.17, 15) is 22.8 Å². The second-order valence-corrected chi connectivity index (χ2v) is 6.21. The summed E-state index contributed by atoms with van der Waals surface area (Å²) in [4.78, 5) is 28.1. The molecule has 0 aliphatic carbocycles. The number of ether oxygens (including phenoxy) is 1. The number of alkyl halides is 3. The number of carbonyl (C=O) groups is 2. The quantitative estimate of drug-likeness (QED) is 0.796. The van der Waals surface area contributed by atoms with Gasteiger partial charge >= 0.3 is 6.36 Å². The molecule has 1 amide bonds. The molecule has 0 aliphatic rings. The van der Waals surface area contributed by atoms with E-state index in [-0.39, 0.29) is 36.3 Å². The van der Waals surface area contributed by atoms with Gasteiger partial charge in [0.1, 0.15) is 11.5 Å². The number of ketones is 1. The molecule has 5 nitrogen and oxygen atoms in total. The summed E-state index contributed by atoms with van der Waals surface area (Å²) in [7, 11) is 0. The van der Waals surface area contributed by atoms with Crippen molar-refractivity contribution >= 4 is 11.7 Å². The molecule has 0 saturated carbocycles. The van der Waals surface area contributed by atoms with Crippen molar-refractivity contribution in [1.29, 1.82) is 0 Å². The molecule has 1 aromatic carbocycles. The van der Waals surface area contributed by atoms with Crippen LogP contribution in [-0.4, -0.2) is 23.0 Å². The zero-order chi connectivity index (χ0) is 20.0. The Balaban J connectivity index is 1.94. The molecule has 1 aromatic heterocycles. The highest BCUT2D eigenvalue weighted by Crippen LogP contribution is 2.22. The van der Waals surface area contributed by atoms with Crippen LogP contribution in [-0.2, 0) is 17.8 Å². The molecule has 1 N–H and O–H groups in total. The normalized spacial score (nSPS) is 11.3. The van der Waals surface area contributed by atoms with Crippen molar-refractivity contribution in [2.45, 2.75) is 33.2 Å². The first-order chi connectivity index (χ1) is 12.6. The lowest BCUT2D eigenvalue weighted by Gasteiger charge is -2.10. The monoisotopic (exact) mass is 380 g/mol. The number of amides is 1. The van der Waals surface area contributed by atoms with Gasteiger partial charge in [0, 0.05) is 36.3 Å². The first-order valence-corrected chi connectivity index (χ1v) is 8.24. The van der Waals surface area contributed by atoms with Crippen LogP contribution < -0.4 is 10.1 Å². The Morgan fingerprint density at radius 3 is 2.41 bits per heavy atom. The molecule has 0 fully saturated rings. The largest absolute Gasteiger partial charge is 0.573 e. The van der Waals surface area contributed by atoms with Gasteiger partial charge < -0.3 is 10.1 Å². The summed E-state index contributed by atoms with van der Waals surface area (Å²) in [5.74, 6) is -0.785. The fraction of sp³-hybridized carbons (Fsp3) is 0.316. The number of nitrogens with one attached hydrogen (secondary N) is 1. The Labute approximate surface area is 154 Å². The van der Waals surface area contributed by atoms with Crippen molar-refractivity contribution in [1.82, 2.24) is 10.3 Å². The summed E-state index contributed by atoms with van der Waals surface area (Å²) in [6, 6.07) is 8.30. The summed E-state index contributed by atoms with van der Waals surface area (Å²) in [6.07, 6.45) is -3.13. The van der Waals surface area contributed by atoms with E-state index in [2.05, 4.69) is 15.0 Å². The van der Waals surface area contributed by atoms with E-state index >= 15 is 0 Å². The van der Waals surface area contributed by atoms with E-state index in [4.69, 9.17) is 0 Å². The predicted molar refractivity (Wildman–Crippen MR) is 92.1 cm³/mol. The summed E-state index contributed by atoms with van der Waals surface area (Å²) >= 11 is 0. The predicted octanol–water partition coefficient (Wildman–Crippen LogP) is 3.68. The second kappa shape index (κ2) is 8.66. The minimum Gasteiger partial charge on any atom is -0.406 e. The number of hydrogen-bond acceptors (Lipinski definition) is 4. The van der Waals surface area contributed by atoms with Gasteiger partial charge in [-0.05, 0) is 29.8 Å². The van der Waals surface area contributed by atoms with Crippen LogP contribution in [0.2, 0.25) is 0 Å². The average molecular weight is 380 g/mol. The number of pyridine rings is 1. The standard InChI is InChI=1S/C19H19F3N2O3/c1-12(2)17(25)10-15-9-14(7-8-23-15)18(26)24-11-13-3-5-16(6-4-13)27-19(20,21)22/h3-9,12H,10-11H2,1-2H3,(H,24,26). The van der Waals surface area contributed by atoms with E-state index in [0.717, 1.165) is 0 Å². The van der Waals surface area contributed by atoms with Gasteiger partial charge in [-0.3, -0.25) is 14.6 Å². The number of nitrogens with zero attached hydrogens (tertiary/aromatic N) is 1. The molecule has 0 bridgehead atoms. The van der Waals surface area contributed by atoms with Crippen molar-refractivity contribution in [2.75, 3.05) is 0 Å². The lowest BCUT2D eigenvalue weighted by molar-refractivity contribution is -0.274. The van der Waals surface area contributed by atoms with Gasteiger partial charge in [0.05, 0.1) is 0 Å². The van der Waals surface area contributed by atoms with E-state index in [1.54, 1.807) is 19.9 Å². The summed E-state index contributed by atoms with van der Waals surface area (Å²) in [5, 5.41) is 2.67. The van der Waals surface area contributed by atoms with Crippen LogP contribution in [0.3, 0.4) is 0 Å². The molecule has 2 rings (SSSR count). The second-order valence-electron chi connectivity index (χ2n) is 6.21. The number of benzene rings is 1. The number of hydrogen-bond donors (Lipinski definition) is 1. The lowest BCUT2D eigenvalue weighted by atomic mass is 10.0. The number of aromatic nitrogens is 1. The zero-order valence-corrected chi connectivity index (χ0v) is 14.8. The van der Waals surface area contributed by atoms with E-state index in [1.165, 1.54) is 36.5 Å². The van der Waals surface area contributed by atoms with Gasteiger partial charge in [-0.1, -0.05) is 26.0 Å². The molecule has 0 saturated heterocycles. The first-order valence-electron chi connectivity index (χ1n) is 8.24. The molecule has 0 aliphatic heterocycles. The molecule has 0 atom stereocenters. The van der Waals surface area contributed by atoms with Crippen LogP contribution in [0.4, 0.5) is 13.2 Å². The van der Waals surface area contributed by atoms with Crippen LogP contribution in [0.15, 0.2) is 42.6 Å². The number of Topliss-reactive ketones (excluding diaryl/α,β-unsaturated/α-hetero) is 1. The number of halogens is 3. The number of carbonyl (C=O) groups excluding carboxylic acids is 2. The minimum absolute atomic E-state index is 0.0289. The molecule has 0 spiro atoms. The van der Waals surface area contributed by atoms with Gasteiger partial charge in [-0.25, -0.2) is 0 Å². The van der Waals surface area contributed by atoms with Crippen LogP contribution in [0, 0.1) is 5.92 Å². The first kappa shape index (κ1) is 20.4. The Morgan fingerprint density at radius 2 is 1.81 bits per heavy atom. The highest BCUT2D eigenvalue weighted by atomic mass is 19.4. The van der Waals surface area contributed by atoms with Crippen LogP contribution in [0.1, 0.15) is 35.5 Å². The average Bonchev–Trinajstić information content (AvgIpc) is 2.59. The highest BCUT2D eigenvalue weighted by Gasteiger charge is 2.30. The molecule has 2 aromatic rings. The maximum atomic E-state index is 12.2. The Kier molecular flexibility index (Phi) is 6.55. The smallest absolute Gasteiger partial charge is 0.406 e. The van der Waals surface area contributed by atoms with Crippen molar-refractivity contribution in [3.8, 4) is 5.75 Å². The molecule has 144 valence electrons. The Bertz CT molecular complexity index is 803. The molecule has 0 unspecified atom stereocenters. The van der Waals surface area contributed by atoms with Gasteiger partial charge in [0.25, 0.3) is 5.91 Å². The molecule has 27 heavy (non-hydrogen) atoms. The molecule has 1 heterocycles. The summed E-state index contributed by atoms with van der Waals surface area (Å²) in [6.45, 7) is 3.72. The lowest BCUT2D eigenvalue weighted by Crippen LogP contribution is -2.23. The minimum atomic E-state index is -4.74. The fourth-order valence-electron chi connectivity index (χ4n) is 2.19. The SMILES string of the molecule is CC(C)C(=O)Cc1cc(C(=O)NCc2ccc(OC(F)(F)F)cc2)ccn1. The van der Waals surface area contributed by atoms with Crippen molar-refractivity contribution in [2.24, 2.45) is 5.92 Å². The van der Waals surface area contributed by atoms with E-state index in [1.807, 2.05) is 0 Å². The van der Waals surface area contributed by atoms with Gasteiger partial charge in [-0.15, -0.1) is 13.2 Å². The third kappa shape index (κ3) is 6.73. The van der Waals surface area contributed by atoms with E-state index in [0.29, 0.717) is 16.8 Å². The summed E-state index contributed by atoms with van der Waals surface area (Å²) in [5.41, 5.74) is 1.48. The molecule has 0 radical (unpaired) electrons. The maximum Gasteiger partial charge on any atom is 0.573 e. The Hall–Kier alpha value is -2.90. The van der Waals surface area contributed by atoms with Gasteiger partial charge in [0.15, 0.2) is 0 Å². The third-order valence-electron chi connectivity index (χ3n) is 3.69. The van der Waals surface area contributed by atoms with Crippen LogP contribution in [0.5, 0.6) is 5.75 Å². The molecular formula is C19H19F3N2O3. The van der Waals surface area contributed by atoms with Crippen molar-refractivity contribution in [3.05, 3.63) is 59.4 Å². The zero-order valence-electron chi connectivity index (χ0n) is 14.8. The highest BCUT2D eigenvalue weighted by molar-refractivity contribution is 5.94. The molecule has 8 heteroatoms. The van der Waals surface area contributed by atoms with Gasteiger partial charge in [0.2, 0.25) is 0 Å². The third-order valence-corrected chi connectivity index (χ3v) is 3.69. The molecular weight excluding hydrogens is 361 g/mol. The van der Waals surface area contributed by atoms with Crippen LogP contribution >= 0.6 is 0 Å². The van der Waals surface area contributed by atoms with Gasteiger partial charge in [-0.2, -0.15) is 0 Å². The van der Waals surface area contributed by atoms with Crippen molar-refractivity contribution in [3.63, 3.8) is 0 Å². The van der Waals surface area contributed by atoms with Crippen LogP contribution in [0.25, 0.3) is 0 Å². The van der Waals surface area contributed by atoms with E-state index < -0.39 is 6.36 Å². The number of rotatable bonds is 7. The van der Waals surface area contributed by atoms with Crippen molar-refractivity contribution < 1.29 is 27.5 Å².